The first-order valence-corrected chi connectivity index (χ1v) is 8.33. The first-order chi connectivity index (χ1) is 13.2. The van der Waals surface area contributed by atoms with Gasteiger partial charge in [-0.05, 0) is 42.0 Å². The van der Waals surface area contributed by atoms with Gasteiger partial charge in [0.2, 0.25) is 6.79 Å². The Morgan fingerprint density at radius 3 is 2.81 bits per heavy atom. The maximum Gasteiger partial charge on any atom is 0.251 e. The molecule has 136 valence electrons. The van der Waals surface area contributed by atoms with Gasteiger partial charge in [-0.15, -0.1) is 0 Å². The zero-order chi connectivity index (χ0) is 18.6. The lowest BCUT2D eigenvalue weighted by molar-refractivity contribution is 0.0950. The van der Waals surface area contributed by atoms with E-state index in [4.69, 9.17) is 9.47 Å². The average molecular weight is 365 g/mol. The van der Waals surface area contributed by atoms with Crippen LogP contribution in [0, 0.1) is 5.82 Å². The van der Waals surface area contributed by atoms with Crippen LogP contribution in [0.5, 0.6) is 11.5 Å². The molecule has 2 aromatic carbocycles. The van der Waals surface area contributed by atoms with Crippen LogP contribution in [0.25, 0.3) is 0 Å². The van der Waals surface area contributed by atoms with E-state index in [9.17, 15) is 9.18 Å². The van der Waals surface area contributed by atoms with Gasteiger partial charge in [-0.3, -0.25) is 4.79 Å². The van der Waals surface area contributed by atoms with E-state index in [-0.39, 0.29) is 12.7 Å². The number of nitrogens with zero attached hydrogens (tertiary/aromatic N) is 1. The third-order valence-corrected chi connectivity index (χ3v) is 4.05. The molecule has 0 saturated carbocycles. The number of aromatic nitrogens is 1. The number of rotatable bonds is 5. The number of ether oxygens (including phenoxy) is 2. The summed E-state index contributed by atoms with van der Waals surface area (Å²) in [6.07, 6.45) is 1.50. The summed E-state index contributed by atoms with van der Waals surface area (Å²) < 4.78 is 24.3. The van der Waals surface area contributed by atoms with Crippen LogP contribution < -0.4 is 20.1 Å². The smallest absolute Gasteiger partial charge is 0.251 e. The van der Waals surface area contributed by atoms with E-state index in [1.54, 1.807) is 30.3 Å². The molecular weight excluding hydrogens is 349 g/mol. The standard InChI is InChI=1S/C20H16FN3O3/c21-15-3-1-2-4-16(15)24-19-10-14(7-8-22-19)20(25)23-11-13-5-6-17-18(9-13)27-12-26-17/h1-10H,11-12H2,(H,22,24)(H,23,25). The molecule has 1 aliphatic rings. The number of hydrogen-bond donors (Lipinski definition) is 2. The van der Waals surface area contributed by atoms with Gasteiger partial charge in [-0.25, -0.2) is 9.37 Å². The van der Waals surface area contributed by atoms with Crippen LogP contribution in [-0.4, -0.2) is 17.7 Å². The van der Waals surface area contributed by atoms with Crippen LogP contribution in [0.3, 0.4) is 0 Å². The number of carbonyl (C=O) groups excluding carboxylic acids is 1. The second kappa shape index (κ2) is 7.33. The minimum absolute atomic E-state index is 0.208. The predicted octanol–water partition coefficient (Wildman–Crippen LogP) is 3.62. The molecule has 0 saturated heterocycles. The molecule has 2 heterocycles. The zero-order valence-corrected chi connectivity index (χ0v) is 14.2. The molecule has 0 radical (unpaired) electrons. The molecule has 27 heavy (non-hydrogen) atoms. The summed E-state index contributed by atoms with van der Waals surface area (Å²) in [7, 11) is 0. The van der Waals surface area contributed by atoms with Crippen LogP contribution in [0.4, 0.5) is 15.9 Å². The molecule has 3 aromatic rings. The Balaban J connectivity index is 1.42. The lowest BCUT2D eigenvalue weighted by Crippen LogP contribution is -2.22. The van der Waals surface area contributed by atoms with Crippen molar-refractivity contribution in [3.63, 3.8) is 0 Å². The molecule has 4 rings (SSSR count). The van der Waals surface area contributed by atoms with E-state index >= 15 is 0 Å². The van der Waals surface area contributed by atoms with E-state index < -0.39 is 5.82 Å². The highest BCUT2D eigenvalue weighted by atomic mass is 19.1. The monoisotopic (exact) mass is 365 g/mol. The zero-order valence-electron chi connectivity index (χ0n) is 14.2. The van der Waals surface area contributed by atoms with Gasteiger partial charge in [-0.1, -0.05) is 18.2 Å². The van der Waals surface area contributed by atoms with E-state index in [2.05, 4.69) is 15.6 Å². The first kappa shape index (κ1) is 16.8. The largest absolute Gasteiger partial charge is 0.454 e. The van der Waals surface area contributed by atoms with Gasteiger partial charge in [0.1, 0.15) is 11.6 Å². The summed E-state index contributed by atoms with van der Waals surface area (Å²) >= 11 is 0. The summed E-state index contributed by atoms with van der Waals surface area (Å²) in [5.41, 5.74) is 1.61. The summed E-state index contributed by atoms with van der Waals surface area (Å²) in [6.45, 7) is 0.549. The molecule has 0 unspecified atom stereocenters. The average Bonchev–Trinajstić information content (AvgIpc) is 3.16. The molecule has 1 aliphatic heterocycles. The minimum Gasteiger partial charge on any atom is -0.454 e. The first-order valence-electron chi connectivity index (χ1n) is 8.33. The molecule has 0 bridgehead atoms. The number of hydrogen-bond acceptors (Lipinski definition) is 5. The third-order valence-electron chi connectivity index (χ3n) is 4.05. The van der Waals surface area contributed by atoms with Crippen molar-refractivity contribution >= 4 is 17.4 Å². The van der Waals surface area contributed by atoms with Gasteiger partial charge in [0, 0.05) is 18.3 Å². The van der Waals surface area contributed by atoms with Gasteiger partial charge in [0.15, 0.2) is 11.5 Å². The van der Waals surface area contributed by atoms with Crippen LogP contribution in [0.2, 0.25) is 0 Å². The van der Waals surface area contributed by atoms with Crippen LogP contribution >= 0.6 is 0 Å². The van der Waals surface area contributed by atoms with Gasteiger partial charge >= 0.3 is 0 Å². The number of nitrogens with one attached hydrogen (secondary N) is 2. The van der Waals surface area contributed by atoms with Gasteiger partial charge < -0.3 is 20.1 Å². The fourth-order valence-corrected chi connectivity index (χ4v) is 2.68. The lowest BCUT2D eigenvalue weighted by atomic mass is 10.2. The van der Waals surface area contributed by atoms with Crippen molar-refractivity contribution in [2.75, 3.05) is 12.1 Å². The Bertz CT molecular complexity index is 994. The van der Waals surface area contributed by atoms with Crippen LogP contribution in [0.1, 0.15) is 15.9 Å². The second-order valence-electron chi connectivity index (χ2n) is 5.90. The molecule has 0 atom stereocenters. The van der Waals surface area contributed by atoms with Crippen molar-refractivity contribution < 1.29 is 18.7 Å². The number of carbonyl (C=O) groups is 1. The van der Waals surface area contributed by atoms with E-state index in [0.717, 1.165) is 5.56 Å². The Hall–Kier alpha value is -3.61. The highest BCUT2D eigenvalue weighted by Gasteiger charge is 2.14. The third kappa shape index (κ3) is 3.82. The van der Waals surface area contributed by atoms with E-state index in [1.807, 2.05) is 18.2 Å². The van der Waals surface area contributed by atoms with Crippen molar-refractivity contribution in [1.82, 2.24) is 10.3 Å². The fourth-order valence-electron chi connectivity index (χ4n) is 2.68. The number of fused-ring (bicyclic) bond motifs is 1. The quantitative estimate of drug-likeness (QED) is 0.722. The van der Waals surface area contributed by atoms with Crippen molar-refractivity contribution in [1.29, 1.82) is 0 Å². The van der Waals surface area contributed by atoms with Crippen molar-refractivity contribution in [2.45, 2.75) is 6.54 Å². The second-order valence-corrected chi connectivity index (χ2v) is 5.90. The Morgan fingerprint density at radius 2 is 1.93 bits per heavy atom. The maximum atomic E-state index is 13.7. The molecule has 0 spiro atoms. The molecule has 1 amide bonds. The number of benzene rings is 2. The molecule has 0 aliphatic carbocycles. The molecule has 2 N–H and O–H groups in total. The Kier molecular flexibility index (Phi) is 4.57. The molecular formula is C20H16FN3O3. The summed E-state index contributed by atoms with van der Waals surface area (Å²) in [4.78, 5) is 16.6. The van der Waals surface area contributed by atoms with E-state index in [1.165, 1.54) is 12.3 Å². The normalized spacial score (nSPS) is 11.9. The van der Waals surface area contributed by atoms with E-state index in [0.29, 0.717) is 35.1 Å². The van der Waals surface area contributed by atoms with Gasteiger partial charge in [0.05, 0.1) is 5.69 Å². The summed E-state index contributed by atoms with van der Waals surface area (Å²) in [5.74, 6) is 1.10. The van der Waals surface area contributed by atoms with Crippen LogP contribution in [-0.2, 0) is 6.54 Å². The Morgan fingerprint density at radius 1 is 1.07 bits per heavy atom. The number of amides is 1. The molecule has 6 nitrogen and oxygen atoms in total. The number of anilines is 2. The molecule has 1 aromatic heterocycles. The highest BCUT2D eigenvalue weighted by Crippen LogP contribution is 2.32. The number of pyridine rings is 1. The van der Waals surface area contributed by atoms with Crippen molar-refractivity contribution in [2.24, 2.45) is 0 Å². The van der Waals surface area contributed by atoms with Gasteiger partial charge in [-0.2, -0.15) is 0 Å². The lowest BCUT2D eigenvalue weighted by Gasteiger charge is -2.09. The SMILES string of the molecule is O=C(NCc1ccc2c(c1)OCO2)c1ccnc(Nc2ccccc2F)c1. The molecule has 0 fully saturated rings. The predicted molar refractivity (Wildman–Crippen MR) is 97.7 cm³/mol. The number of para-hydroxylation sites is 1. The van der Waals surface area contributed by atoms with Gasteiger partial charge in [0.25, 0.3) is 5.91 Å². The number of halogens is 1. The Labute approximate surface area is 155 Å². The highest BCUT2D eigenvalue weighted by molar-refractivity contribution is 5.94. The van der Waals surface area contributed by atoms with Crippen molar-refractivity contribution in [3.05, 3.63) is 77.7 Å². The fraction of sp³-hybridized carbons (Fsp3) is 0.100. The minimum atomic E-state index is -0.392. The van der Waals surface area contributed by atoms with Crippen molar-refractivity contribution in [3.8, 4) is 11.5 Å². The maximum absolute atomic E-state index is 13.7. The summed E-state index contributed by atoms with van der Waals surface area (Å²) in [6, 6.07) is 15.0. The van der Waals surface area contributed by atoms with Crippen LogP contribution in [0.15, 0.2) is 60.8 Å². The molecule has 7 heteroatoms. The topological polar surface area (TPSA) is 72.5 Å². The summed E-state index contributed by atoms with van der Waals surface area (Å²) in [5, 5.41) is 5.72.